The fraction of sp³-hybridized carbons (Fsp3) is 0.143. The van der Waals surface area contributed by atoms with Gasteiger partial charge in [0, 0.05) is 5.56 Å². The van der Waals surface area contributed by atoms with E-state index in [1.807, 2.05) is 80.6 Å². The first-order valence-corrected chi connectivity index (χ1v) is 13.1. The summed E-state index contributed by atoms with van der Waals surface area (Å²) in [4.78, 5) is 0. The van der Waals surface area contributed by atoms with Crippen LogP contribution in [0.15, 0.2) is 115 Å². The smallest absolute Gasteiger partial charge is 0.141 e. The quantitative estimate of drug-likeness (QED) is 0.194. The average molecular weight is 537 g/mol. The maximum atomic E-state index is 14.0. The zero-order valence-electron chi connectivity index (χ0n) is 22.4. The molecule has 0 fully saturated rings. The fourth-order valence-corrected chi connectivity index (χ4v) is 4.79. The SMILES string of the molecule is Cc1ccc(OCc2cccc(COc3ccc(C)cc3)c2C(O)(c2ccc(F)cc2)c2ccc(F)cc2)cc1. The van der Waals surface area contributed by atoms with Crippen molar-refractivity contribution < 1.29 is 23.4 Å². The molecule has 0 aliphatic carbocycles. The summed E-state index contributed by atoms with van der Waals surface area (Å²) < 4.78 is 40.3. The van der Waals surface area contributed by atoms with Gasteiger partial charge in [0.05, 0.1) is 0 Å². The number of halogens is 2. The van der Waals surface area contributed by atoms with E-state index in [9.17, 15) is 13.9 Å². The van der Waals surface area contributed by atoms with Crippen LogP contribution in [0.1, 0.15) is 38.9 Å². The molecule has 0 aromatic heterocycles. The summed E-state index contributed by atoms with van der Waals surface area (Å²) in [5.74, 6) is 0.517. The molecule has 0 amide bonds. The molecule has 0 saturated carbocycles. The molecular formula is C35H30F2O3. The highest BCUT2D eigenvalue weighted by atomic mass is 19.1. The van der Waals surface area contributed by atoms with Crippen molar-refractivity contribution >= 4 is 0 Å². The van der Waals surface area contributed by atoms with Gasteiger partial charge >= 0.3 is 0 Å². The van der Waals surface area contributed by atoms with Gasteiger partial charge in [-0.15, -0.1) is 0 Å². The second-order valence-corrected chi connectivity index (χ2v) is 9.88. The average Bonchev–Trinajstić information content (AvgIpc) is 2.97. The molecule has 0 aliphatic rings. The van der Waals surface area contributed by atoms with Gasteiger partial charge in [0.15, 0.2) is 0 Å². The molecule has 0 atom stereocenters. The zero-order valence-corrected chi connectivity index (χ0v) is 22.4. The summed E-state index contributed by atoms with van der Waals surface area (Å²) in [7, 11) is 0. The molecule has 5 aromatic rings. The van der Waals surface area contributed by atoms with E-state index in [2.05, 4.69) is 0 Å². The predicted octanol–water partition coefficient (Wildman–Crippen LogP) is 8.02. The predicted molar refractivity (Wildman–Crippen MR) is 152 cm³/mol. The molecule has 0 unspecified atom stereocenters. The van der Waals surface area contributed by atoms with Gasteiger partial charge in [0.25, 0.3) is 0 Å². The minimum absolute atomic E-state index is 0.154. The van der Waals surface area contributed by atoms with E-state index in [4.69, 9.17) is 9.47 Å². The molecule has 5 rings (SSSR count). The molecule has 3 nitrogen and oxygen atoms in total. The second-order valence-electron chi connectivity index (χ2n) is 9.88. The molecule has 0 radical (unpaired) electrons. The van der Waals surface area contributed by atoms with E-state index in [1.54, 1.807) is 24.3 Å². The Balaban J connectivity index is 1.64. The third-order valence-electron chi connectivity index (χ3n) is 6.95. The minimum atomic E-state index is -1.76. The number of aryl methyl sites for hydroxylation is 2. The van der Waals surface area contributed by atoms with Gasteiger partial charge in [-0.1, -0.05) is 77.9 Å². The Labute approximate surface area is 233 Å². The summed E-state index contributed by atoms with van der Waals surface area (Å²) in [6, 6.07) is 32.5. The molecule has 0 saturated heterocycles. The summed E-state index contributed by atoms with van der Waals surface area (Å²) in [6.45, 7) is 4.32. The Bertz CT molecular complexity index is 1450. The molecule has 5 aromatic carbocycles. The van der Waals surface area contributed by atoms with Gasteiger partial charge in [-0.25, -0.2) is 8.78 Å². The Morgan fingerprint density at radius 3 is 1.30 bits per heavy atom. The molecule has 0 spiro atoms. The normalized spacial score (nSPS) is 11.3. The number of benzene rings is 5. The van der Waals surface area contributed by atoms with E-state index in [0.29, 0.717) is 39.3 Å². The summed E-state index contributed by atoms with van der Waals surface area (Å²) in [5.41, 5.74) is 3.28. The standard InChI is InChI=1S/C35H30F2O3/c1-24-6-18-32(19-7-24)39-22-26-4-3-5-27(23-40-33-20-8-25(2)9-21-33)34(26)35(38,28-10-14-30(36)15-11-28)29-12-16-31(37)17-13-29/h3-21,38H,22-23H2,1-2H3. The molecule has 40 heavy (non-hydrogen) atoms. The van der Waals surface area contributed by atoms with Crippen LogP contribution in [-0.2, 0) is 18.8 Å². The highest BCUT2D eigenvalue weighted by Crippen LogP contribution is 2.41. The highest BCUT2D eigenvalue weighted by Gasteiger charge is 2.38. The van der Waals surface area contributed by atoms with Crippen LogP contribution in [-0.4, -0.2) is 5.11 Å². The molecule has 5 heteroatoms. The maximum Gasteiger partial charge on any atom is 0.141 e. The minimum Gasteiger partial charge on any atom is -0.489 e. The van der Waals surface area contributed by atoms with Crippen LogP contribution in [0.5, 0.6) is 11.5 Å². The second kappa shape index (κ2) is 11.7. The van der Waals surface area contributed by atoms with Crippen LogP contribution >= 0.6 is 0 Å². The van der Waals surface area contributed by atoms with Crippen molar-refractivity contribution in [2.24, 2.45) is 0 Å². The van der Waals surface area contributed by atoms with Crippen molar-refractivity contribution in [3.63, 3.8) is 0 Å². The van der Waals surface area contributed by atoms with Gasteiger partial charge in [0.1, 0.15) is 41.9 Å². The van der Waals surface area contributed by atoms with Gasteiger partial charge < -0.3 is 14.6 Å². The number of aliphatic hydroxyl groups is 1. The van der Waals surface area contributed by atoms with Crippen LogP contribution in [0.25, 0.3) is 0 Å². The molecule has 202 valence electrons. The van der Waals surface area contributed by atoms with Crippen LogP contribution in [0, 0.1) is 25.5 Å². The summed E-state index contributed by atoms with van der Waals surface area (Å²) in [6.07, 6.45) is 0. The highest BCUT2D eigenvalue weighted by molar-refractivity contribution is 5.53. The number of hydrogen-bond donors (Lipinski definition) is 1. The van der Waals surface area contributed by atoms with Crippen molar-refractivity contribution in [3.8, 4) is 11.5 Å². The van der Waals surface area contributed by atoms with Crippen LogP contribution < -0.4 is 9.47 Å². The van der Waals surface area contributed by atoms with Crippen LogP contribution in [0.3, 0.4) is 0 Å². The van der Waals surface area contributed by atoms with E-state index in [0.717, 1.165) is 11.1 Å². The van der Waals surface area contributed by atoms with E-state index in [1.165, 1.54) is 24.3 Å². The lowest BCUT2D eigenvalue weighted by atomic mass is 9.76. The van der Waals surface area contributed by atoms with E-state index in [-0.39, 0.29) is 13.2 Å². The number of rotatable bonds is 9. The summed E-state index contributed by atoms with van der Waals surface area (Å²) in [5, 5.41) is 12.7. The van der Waals surface area contributed by atoms with E-state index < -0.39 is 17.2 Å². The third kappa shape index (κ3) is 5.90. The van der Waals surface area contributed by atoms with Crippen molar-refractivity contribution in [2.45, 2.75) is 32.7 Å². The van der Waals surface area contributed by atoms with Crippen molar-refractivity contribution in [1.82, 2.24) is 0 Å². The van der Waals surface area contributed by atoms with Crippen molar-refractivity contribution in [3.05, 3.63) is 166 Å². The van der Waals surface area contributed by atoms with Crippen LogP contribution in [0.4, 0.5) is 8.78 Å². The Kier molecular flexibility index (Phi) is 7.94. The maximum absolute atomic E-state index is 14.0. The van der Waals surface area contributed by atoms with Crippen LogP contribution in [0.2, 0.25) is 0 Å². The third-order valence-corrected chi connectivity index (χ3v) is 6.95. The monoisotopic (exact) mass is 536 g/mol. The Morgan fingerprint density at radius 2 is 0.925 bits per heavy atom. The molecule has 1 N–H and O–H groups in total. The van der Waals surface area contributed by atoms with Gasteiger partial charge in [-0.3, -0.25) is 0 Å². The lowest BCUT2D eigenvalue weighted by Crippen LogP contribution is -2.32. The lowest BCUT2D eigenvalue weighted by Gasteiger charge is -2.34. The molecule has 0 bridgehead atoms. The first-order chi connectivity index (χ1) is 19.3. The number of ether oxygens (including phenoxy) is 2. The zero-order chi connectivity index (χ0) is 28.1. The molecular weight excluding hydrogens is 506 g/mol. The topological polar surface area (TPSA) is 38.7 Å². The van der Waals surface area contributed by atoms with Gasteiger partial charge in [-0.2, -0.15) is 0 Å². The first-order valence-electron chi connectivity index (χ1n) is 13.1. The van der Waals surface area contributed by atoms with Gasteiger partial charge in [-0.05, 0) is 84.6 Å². The number of hydrogen-bond acceptors (Lipinski definition) is 3. The summed E-state index contributed by atoms with van der Waals surface area (Å²) >= 11 is 0. The molecule has 0 heterocycles. The largest absolute Gasteiger partial charge is 0.489 e. The molecule has 0 aliphatic heterocycles. The van der Waals surface area contributed by atoms with Crippen molar-refractivity contribution in [1.29, 1.82) is 0 Å². The first kappa shape index (κ1) is 27.1. The van der Waals surface area contributed by atoms with E-state index >= 15 is 0 Å². The Hall–Kier alpha value is -4.48. The van der Waals surface area contributed by atoms with Gasteiger partial charge in [0.2, 0.25) is 0 Å². The lowest BCUT2D eigenvalue weighted by molar-refractivity contribution is 0.120. The Morgan fingerprint density at radius 1 is 0.550 bits per heavy atom. The van der Waals surface area contributed by atoms with Crippen molar-refractivity contribution in [2.75, 3.05) is 0 Å². The fourth-order valence-electron chi connectivity index (χ4n) is 4.79.